The molecule has 0 unspecified atom stereocenters. The molecule has 0 amide bonds. The van der Waals surface area contributed by atoms with Gasteiger partial charge in [-0.05, 0) is 61.1 Å². The maximum atomic E-state index is 7.67. The Kier molecular flexibility index (Phi) is 8.70. The molecule has 0 aromatic heterocycles. The molecule has 1 saturated heterocycles. The van der Waals surface area contributed by atoms with Gasteiger partial charge in [0.25, 0.3) is 0 Å². The maximum absolute atomic E-state index is 7.67. The first kappa shape index (κ1) is 24.4. The highest BCUT2D eigenvalue weighted by Gasteiger charge is 2.67. The lowest BCUT2D eigenvalue weighted by Crippen LogP contribution is -2.76. The molecule has 1 nitrogen and oxygen atoms in total. The zero-order valence-corrected chi connectivity index (χ0v) is 21.9. The number of hydrogen-bond donors (Lipinski definition) is 0. The van der Waals surface area contributed by atoms with Crippen LogP contribution in [0, 0.1) is 17.3 Å². The second-order valence-corrected chi connectivity index (χ2v) is 23.4. The fourth-order valence-electron chi connectivity index (χ4n) is 7.16. The lowest BCUT2D eigenvalue weighted by atomic mass is 9.66. The van der Waals surface area contributed by atoms with Gasteiger partial charge in [0.2, 0.25) is 0 Å². The van der Waals surface area contributed by atoms with E-state index in [1.165, 1.54) is 49.9 Å². The van der Waals surface area contributed by atoms with Gasteiger partial charge in [0.1, 0.15) is 0 Å². The van der Waals surface area contributed by atoms with Crippen molar-refractivity contribution in [3.05, 3.63) is 0 Å². The van der Waals surface area contributed by atoms with E-state index in [0.717, 1.165) is 11.8 Å². The van der Waals surface area contributed by atoms with Crippen LogP contribution < -0.4 is 0 Å². The molecule has 0 aromatic rings. The fourth-order valence-corrected chi connectivity index (χ4v) is 30.1. The minimum Gasteiger partial charge on any atom is -0.413 e. The summed E-state index contributed by atoms with van der Waals surface area (Å²) in [4.78, 5) is 0. The van der Waals surface area contributed by atoms with Crippen molar-refractivity contribution in [1.29, 1.82) is 0 Å². The largest absolute Gasteiger partial charge is 0.413 e. The van der Waals surface area contributed by atoms with E-state index in [4.69, 9.17) is 4.43 Å². The quantitative estimate of drug-likeness (QED) is 0.337. The van der Waals surface area contributed by atoms with Crippen LogP contribution >= 0.6 is 0 Å². The summed E-state index contributed by atoms with van der Waals surface area (Å²) < 4.78 is 7.67. The molecule has 26 heavy (non-hydrogen) atoms. The van der Waals surface area contributed by atoms with Crippen molar-refractivity contribution in [1.82, 2.24) is 0 Å². The second kappa shape index (κ2) is 9.26. The first-order valence-corrected chi connectivity index (χ1v) is 17.8. The third kappa shape index (κ3) is 3.92. The van der Waals surface area contributed by atoms with Crippen LogP contribution in [-0.2, 0) is 4.43 Å². The molecular weight excluding hydrogens is 348 g/mol. The maximum Gasteiger partial charge on any atom is 0.180 e. The highest BCUT2D eigenvalue weighted by Crippen LogP contribution is 2.61. The van der Waals surface area contributed by atoms with Gasteiger partial charge in [0.05, 0.1) is 13.2 Å². The Morgan fingerprint density at radius 2 is 1.15 bits per heavy atom. The highest BCUT2D eigenvalue weighted by atomic mass is 29.3. The minimum atomic E-state index is -1.70. The Morgan fingerprint density at radius 3 is 1.42 bits per heavy atom. The van der Waals surface area contributed by atoms with Gasteiger partial charge in [-0.2, -0.15) is 0 Å². The van der Waals surface area contributed by atoms with Gasteiger partial charge in [0.15, 0.2) is 7.83 Å². The van der Waals surface area contributed by atoms with Gasteiger partial charge >= 0.3 is 0 Å². The SMILES string of the molecule is CCC1(CC)C[Si](CC(C)C)(CC(C)C)[Si](CC)(CC)OC1(CC)CC. The summed E-state index contributed by atoms with van der Waals surface area (Å²) in [6.07, 6.45) is 5.00. The van der Waals surface area contributed by atoms with Gasteiger partial charge < -0.3 is 4.43 Å². The molecular formula is C23H50OSi2. The monoisotopic (exact) mass is 398 g/mol. The van der Waals surface area contributed by atoms with Gasteiger partial charge in [-0.15, -0.1) is 0 Å². The van der Waals surface area contributed by atoms with Gasteiger partial charge in [-0.3, -0.25) is 0 Å². The molecule has 0 saturated carbocycles. The van der Waals surface area contributed by atoms with Gasteiger partial charge in [-0.25, -0.2) is 0 Å². The van der Waals surface area contributed by atoms with E-state index in [1.807, 2.05) is 0 Å². The number of hydrogen-bond acceptors (Lipinski definition) is 1. The van der Waals surface area contributed by atoms with E-state index in [9.17, 15) is 0 Å². The molecule has 0 aromatic carbocycles. The molecule has 0 atom stereocenters. The zero-order valence-electron chi connectivity index (χ0n) is 19.9. The second-order valence-electron chi connectivity index (χ2n) is 10.1. The van der Waals surface area contributed by atoms with E-state index in [0.29, 0.717) is 5.41 Å². The Labute approximate surface area is 168 Å². The van der Waals surface area contributed by atoms with Crippen molar-refractivity contribution in [3.8, 4) is 0 Å². The van der Waals surface area contributed by atoms with E-state index in [1.54, 1.807) is 6.04 Å². The summed E-state index contributed by atoms with van der Waals surface area (Å²) >= 11 is 0. The zero-order chi connectivity index (χ0) is 20.2. The smallest absolute Gasteiger partial charge is 0.180 e. The Morgan fingerprint density at radius 1 is 0.731 bits per heavy atom. The van der Waals surface area contributed by atoms with Crippen molar-refractivity contribution < 1.29 is 4.43 Å². The van der Waals surface area contributed by atoms with Crippen molar-refractivity contribution in [2.75, 3.05) is 0 Å². The topological polar surface area (TPSA) is 9.23 Å². The predicted octanol–water partition coefficient (Wildman–Crippen LogP) is 8.21. The molecule has 3 heteroatoms. The Hall–Kier alpha value is 0.394. The molecule has 1 rings (SSSR count). The number of rotatable bonds is 10. The Balaban J connectivity index is 3.69. The van der Waals surface area contributed by atoms with Crippen LogP contribution in [0.3, 0.4) is 0 Å². The van der Waals surface area contributed by atoms with E-state index in [-0.39, 0.29) is 5.60 Å². The molecule has 0 bridgehead atoms. The third-order valence-electron chi connectivity index (χ3n) is 8.24. The minimum absolute atomic E-state index is 0.138. The summed E-state index contributed by atoms with van der Waals surface area (Å²) in [7, 11) is -3.17. The third-order valence-corrected chi connectivity index (χ3v) is 27.8. The lowest BCUT2D eigenvalue weighted by Gasteiger charge is -2.66. The standard InChI is InChI=1S/C23H50OSi2/c1-11-22(12-2)19-25(17-20(7)8,18-21(9)10)26(15-5,16-6)24-23(22,13-3)14-4/h20-21H,11-19H2,1-10H3. The van der Waals surface area contributed by atoms with Crippen LogP contribution in [0.15, 0.2) is 0 Å². The first-order chi connectivity index (χ1) is 12.1. The average Bonchev–Trinajstić information content (AvgIpc) is 2.60. The molecule has 1 aliphatic heterocycles. The molecule has 1 aliphatic rings. The molecule has 156 valence electrons. The van der Waals surface area contributed by atoms with Crippen molar-refractivity contribution in [3.63, 3.8) is 0 Å². The van der Waals surface area contributed by atoms with E-state index in [2.05, 4.69) is 69.2 Å². The van der Waals surface area contributed by atoms with Crippen LogP contribution in [0.5, 0.6) is 0 Å². The summed E-state index contributed by atoms with van der Waals surface area (Å²) in [6, 6.07) is 7.26. The predicted molar refractivity (Wildman–Crippen MR) is 124 cm³/mol. The highest BCUT2D eigenvalue weighted by molar-refractivity contribution is 7.40. The molecule has 0 radical (unpaired) electrons. The molecule has 0 N–H and O–H groups in total. The van der Waals surface area contributed by atoms with Crippen molar-refractivity contribution in [2.45, 2.75) is 131 Å². The summed E-state index contributed by atoms with van der Waals surface area (Å²) in [5.74, 6) is 1.63. The van der Waals surface area contributed by atoms with E-state index >= 15 is 0 Å². The molecule has 0 spiro atoms. The van der Waals surface area contributed by atoms with Crippen LogP contribution in [-0.4, -0.2) is 21.0 Å². The van der Waals surface area contributed by atoms with Crippen LogP contribution in [0.25, 0.3) is 0 Å². The van der Waals surface area contributed by atoms with Crippen LogP contribution in [0.2, 0.25) is 30.2 Å². The summed E-state index contributed by atoms with van der Waals surface area (Å²) in [5, 5.41) is 0. The summed E-state index contributed by atoms with van der Waals surface area (Å²) in [5.41, 5.74) is 0.548. The first-order valence-electron chi connectivity index (χ1n) is 11.8. The van der Waals surface area contributed by atoms with Crippen molar-refractivity contribution >= 4 is 15.4 Å². The normalized spacial score (nSPS) is 23.5. The Bertz CT molecular complexity index is 408. The molecule has 0 aliphatic carbocycles. The molecule has 1 heterocycles. The van der Waals surface area contributed by atoms with Crippen LogP contribution in [0.1, 0.15) is 94.9 Å². The average molecular weight is 399 g/mol. The van der Waals surface area contributed by atoms with Gasteiger partial charge in [0, 0.05) is 0 Å². The van der Waals surface area contributed by atoms with Crippen molar-refractivity contribution in [2.24, 2.45) is 17.3 Å². The lowest BCUT2D eigenvalue weighted by molar-refractivity contribution is -0.0788. The van der Waals surface area contributed by atoms with Crippen LogP contribution in [0.4, 0.5) is 0 Å². The molecule has 1 fully saturated rings. The van der Waals surface area contributed by atoms with Gasteiger partial charge in [-0.1, -0.05) is 81.3 Å². The fraction of sp³-hybridized carbons (Fsp3) is 1.00. The van der Waals surface area contributed by atoms with E-state index < -0.39 is 15.4 Å². The summed E-state index contributed by atoms with van der Waals surface area (Å²) in [6.45, 7) is 24.6.